The molecule has 4 nitrogen and oxygen atoms in total. The second kappa shape index (κ2) is 3.92. The molecule has 0 aliphatic carbocycles. The first-order valence-corrected chi connectivity index (χ1v) is 5.72. The van der Waals surface area contributed by atoms with Crippen molar-refractivity contribution in [1.29, 1.82) is 0 Å². The molecule has 1 atom stereocenters. The Bertz CT molecular complexity index is 313. The maximum atomic E-state index is 10.7. The number of benzene rings is 1. The molecule has 0 aliphatic heterocycles. The van der Waals surface area contributed by atoms with Crippen LogP contribution in [0.4, 0.5) is 0 Å². The van der Waals surface area contributed by atoms with Crippen LogP contribution >= 0.6 is 7.60 Å². The summed E-state index contributed by atoms with van der Waals surface area (Å²) in [5.74, 6) is 0.160. The molecule has 5 heteroatoms. The first kappa shape index (κ1) is 10.3. The van der Waals surface area contributed by atoms with Gasteiger partial charge in [0.15, 0.2) is 0 Å². The molecule has 0 bridgehead atoms. The van der Waals surface area contributed by atoms with E-state index < -0.39 is 7.60 Å². The molecule has 1 aromatic carbocycles. The zero-order valence-electron chi connectivity index (χ0n) is 7.17. The lowest BCUT2D eigenvalue weighted by molar-refractivity contribution is 0.255. The average molecular weight is 202 g/mol. The molecule has 1 aromatic rings. The van der Waals surface area contributed by atoms with E-state index in [9.17, 15) is 4.57 Å². The lowest BCUT2D eigenvalue weighted by Gasteiger charge is -2.06. The number of hydrogen-bond donors (Lipinski definition) is 2. The van der Waals surface area contributed by atoms with Gasteiger partial charge in [-0.05, 0) is 17.7 Å². The van der Waals surface area contributed by atoms with Gasteiger partial charge in [-0.1, -0.05) is 12.1 Å². The molecular formula is C8H11O4P. The maximum Gasteiger partial charge on any atom is 0.325 e. The molecule has 0 amide bonds. The van der Waals surface area contributed by atoms with Crippen LogP contribution < -0.4 is 0 Å². The van der Waals surface area contributed by atoms with E-state index in [-0.39, 0.29) is 12.4 Å². The first-order chi connectivity index (χ1) is 5.97. The molecule has 1 unspecified atom stereocenters. The van der Waals surface area contributed by atoms with Gasteiger partial charge in [0, 0.05) is 6.66 Å². The van der Waals surface area contributed by atoms with Crippen molar-refractivity contribution in [3.8, 4) is 5.75 Å². The highest BCUT2D eigenvalue weighted by Gasteiger charge is 2.09. The van der Waals surface area contributed by atoms with Crippen molar-refractivity contribution < 1.29 is 19.1 Å². The average Bonchev–Trinajstić information content (AvgIpc) is 2.02. The van der Waals surface area contributed by atoms with E-state index in [0.717, 1.165) is 12.2 Å². The fraction of sp³-hybridized carbons (Fsp3) is 0.250. The number of hydrogen-bond acceptors (Lipinski definition) is 3. The number of phenolic OH excluding ortho intramolecular Hbond substituents is 1. The second-order valence-corrected chi connectivity index (χ2v) is 4.61. The third-order valence-electron chi connectivity index (χ3n) is 1.41. The molecule has 0 aliphatic rings. The Morgan fingerprint density at radius 3 is 2.38 bits per heavy atom. The second-order valence-electron chi connectivity index (χ2n) is 2.74. The van der Waals surface area contributed by atoms with Crippen molar-refractivity contribution in [2.24, 2.45) is 0 Å². The Hall–Kier alpha value is -0.830. The third kappa shape index (κ3) is 4.08. The maximum absolute atomic E-state index is 10.7. The molecule has 2 N–H and O–H groups in total. The standard InChI is InChI=1S/C8H11O4P/c1-13(10,11)12-6-7-2-4-8(9)5-3-7/h2-5,9H,6H2,1H3,(H,10,11). The van der Waals surface area contributed by atoms with Crippen molar-refractivity contribution >= 4 is 7.60 Å². The van der Waals surface area contributed by atoms with E-state index in [1.165, 1.54) is 12.1 Å². The van der Waals surface area contributed by atoms with Gasteiger partial charge in [-0.2, -0.15) is 0 Å². The van der Waals surface area contributed by atoms with Crippen LogP contribution in [0, 0.1) is 0 Å². The highest BCUT2D eigenvalue weighted by atomic mass is 31.2. The van der Waals surface area contributed by atoms with Gasteiger partial charge < -0.3 is 14.5 Å². The minimum absolute atomic E-state index is 0.0740. The molecule has 0 saturated heterocycles. The van der Waals surface area contributed by atoms with Gasteiger partial charge in [0.25, 0.3) is 0 Å². The Kier molecular flexibility index (Phi) is 3.09. The van der Waals surface area contributed by atoms with Gasteiger partial charge in [-0.15, -0.1) is 0 Å². The predicted molar refractivity (Wildman–Crippen MR) is 48.6 cm³/mol. The molecule has 0 radical (unpaired) electrons. The van der Waals surface area contributed by atoms with Gasteiger partial charge in [0.05, 0.1) is 6.61 Å². The minimum Gasteiger partial charge on any atom is -0.508 e. The Morgan fingerprint density at radius 1 is 1.38 bits per heavy atom. The zero-order valence-corrected chi connectivity index (χ0v) is 8.07. The molecule has 0 spiro atoms. The summed E-state index contributed by atoms with van der Waals surface area (Å²) in [4.78, 5) is 8.82. The van der Waals surface area contributed by atoms with Crippen LogP contribution in [0.3, 0.4) is 0 Å². The molecule has 13 heavy (non-hydrogen) atoms. The van der Waals surface area contributed by atoms with E-state index in [2.05, 4.69) is 4.52 Å². The molecule has 1 rings (SSSR count). The van der Waals surface area contributed by atoms with Gasteiger partial charge in [-0.25, -0.2) is 0 Å². The van der Waals surface area contributed by atoms with Crippen LogP contribution in [-0.2, 0) is 15.7 Å². The van der Waals surface area contributed by atoms with Crippen LogP contribution in [0.25, 0.3) is 0 Å². The van der Waals surface area contributed by atoms with Crippen molar-refractivity contribution in [2.75, 3.05) is 6.66 Å². The van der Waals surface area contributed by atoms with Gasteiger partial charge >= 0.3 is 7.60 Å². The summed E-state index contributed by atoms with van der Waals surface area (Å²) in [6, 6.07) is 6.25. The highest BCUT2D eigenvalue weighted by Crippen LogP contribution is 2.37. The fourth-order valence-corrected chi connectivity index (χ4v) is 1.18. The van der Waals surface area contributed by atoms with Crippen LogP contribution in [0.5, 0.6) is 5.75 Å². The quantitative estimate of drug-likeness (QED) is 0.732. The van der Waals surface area contributed by atoms with E-state index in [4.69, 9.17) is 10.00 Å². The normalized spacial score (nSPS) is 15.2. The first-order valence-electron chi connectivity index (χ1n) is 3.70. The zero-order chi connectivity index (χ0) is 9.90. The highest BCUT2D eigenvalue weighted by molar-refractivity contribution is 7.51. The lowest BCUT2D eigenvalue weighted by Crippen LogP contribution is -1.89. The van der Waals surface area contributed by atoms with Gasteiger partial charge in [-0.3, -0.25) is 4.57 Å². The van der Waals surface area contributed by atoms with Crippen LogP contribution in [-0.4, -0.2) is 16.7 Å². The number of rotatable bonds is 3. The monoisotopic (exact) mass is 202 g/mol. The third-order valence-corrected chi connectivity index (χ3v) is 2.02. The summed E-state index contributed by atoms with van der Waals surface area (Å²) < 4.78 is 15.4. The SMILES string of the molecule is CP(=O)(O)OCc1ccc(O)cc1. The summed E-state index contributed by atoms with van der Waals surface area (Å²) in [7, 11) is -3.41. The van der Waals surface area contributed by atoms with E-state index in [0.29, 0.717) is 0 Å². The summed E-state index contributed by atoms with van der Waals surface area (Å²) in [6.45, 7) is 1.21. The van der Waals surface area contributed by atoms with Gasteiger partial charge in [0.1, 0.15) is 5.75 Å². The largest absolute Gasteiger partial charge is 0.508 e. The Balaban J connectivity index is 2.56. The van der Waals surface area contributed by atoms with Crippen molar-refractivity contribution in [2.45, 2.75) is 6.61 Å². The topological polar surface area (TPSA) is 66.8 Å². The summed E-state index contributed by atoms with van der Waals surface area (Å²) in [5, 5.41) is 8.94. The number of aromatic hydroxyl groups is 1. The summed E-state index contributed by atoms with van der Waals surface area (Å²) in [6.07, 6.45) is 0. The van der Waals surface area contributed by atoms with Crippen LogP contribution in [0.2, 0.25) is 0 Å². The van der Waals surface area contributed by atoms with Crippen LogP contribution in [0.15, 0.2) is 24.3 Å². The van der Waals surface area contributed by atoms with E-state index in [1.54, 1.807) is 12.1 Å². The lowest BCUT2D eigenvalue weighted by atomic mass is 10.2. The van der Waals surface area contributed by atoms with E-state index in [1.807, 2.05) is 0 Å². The molecule has 0 saturated carbocycles. The molecule has 72 valence electrons. The van der Waals surface area contributed by atoms with Crippen molar-refractivity contribution in [1.82, 2.24) is 0 Å². The Morgan fingerprint density at radius 2 is 1.92 bits per heavy atom. The van der Waals surface area contributed by atoms with Gasteiger partial charge in [0.2, 0.25) is 0 Å². The fourth-order valence-electron chi connectivity index (χ4n) is 0.786. The van der Waals surface area contributed by atoms with Crippen molar-refractivity contribution in [3.63, 3.8) is 0 Å². The smallest absolute Gasteiger partial charge is 0.325 e. The molecule has 0 heterocycles. The minimum atomic E-state index is -3.41. The molecule has 0 fully saturated rings. The van der Waals surface area contributed by atoms with Crippen LogP contribution in [0.1, 0.15) is 5.56 Å². The Labute approximate surface area is 76.3 Å². The molecule has 0 aromatic heterocycles. The summed E-state index contributed by atoms with van der Waals surface area (Å²) in [5.41, 5.74) is 0.744. The summed E-state index contributed by atoms with van der Waals surface area (Å²) >= 11 is 0. The number of phenols is 1. The van der Waals surface area contributed by atoms with Crippen molar-refractivity contribution in [3.05, 3.63) is 29.8 Å². The predicted octanol–water partition coefficient (Wildman–Crippen LogP) is 1.72. The molecular weight excluding hydrogens is 191 g/mol. The van der Waals surface area contributed by atoms with E-state index >= 15 is 0 Å².